The molecule has 5 nitrogen and oxygen atoms in total. The summed E-state index contributed by atoms with van der Waals surface area (Å²) in [5, 5.41) is 2.93. The average molecular weight is 348 g/mol. The number of carbonyl (C=O) groups excluding carboxylic acids is 1. The number of benzene rings is 2. The van der Waals surface area contributed by atoms with Crippen molar-refractivity contribution in [3.8, 4) is 0 Å². The van der Waals surface area contributed by atoms with Crippen molar-refractivity contribution in [3.05, 3.63) is 77.9 Å². The van der Waals surface area contributed by atoms with Gasteiger partial charge in [0.05, 0.1) is 0 Å². The number of aryl methyl sites for hydroxylation is 1. The van der Waals surface area contributed by atoms with Crippen molar-refractivity contribution < 1.29 is 9.18 Å². The van der Waals surface area contributed by atoms with Crippen LogP contribution in [0.25, 0.3) is 0 Å². The summed E-state index contributed by atoms with van der Waals surface area (Å²) >= 11 is 0. The molecule has 1 N–H and O–H groups in total. The minimum atomic E-state index is -0.354. The van der Waals surface area contributed by atoms with Crippen molar-refractivity contribution in [1.29, 1.82) is 0 Å². The second-order valence-electron chi connectivity index (χ2n) is 6.09. The predicted molar refractivity (Wildman–Crippen MR) is 98.2 cm³/mol. The van der Waals surface area contributed by atoms with E-state index in [9.17, 15) is 9.18 Å². The molecule has 130 valence electrons. The monoisotopic (exact) mass is 348 g/mol. The van der Waals surface area contributed by atoms with E-state index in [4.69, 9.17) is 0 Å². The zero-order valence-corrected chi connectivity index (χ0v) is 14.0. The molecule has 2 aromatic carbocycles. The first-order chi connectivity index (χ1) is 12.7. The summed E-state index contributed by atoms with van der Waals surface area (Å²) in [6, 6.07) is 15.5. The lowest BCUT2D eigenvalue weighted by atomic mass is 10.0. The van der Waals surface area contributed by atoms with Crippen LogP contribution in [-0.4, -0.2) is 22.4 Å². The topological polar surface area (TPSA) is 58.1 Å². The van der Waals surface area contributed by atoms with Gasteiger partial charge in [-0.3, -0.25) is 4.79 Å². The van der Waals surface area contributed by atoms with E-state index in [2.05, 4.69) is 15.3 Å². The fourth-order valence-corrected chi connectivity index (χ4v) is 3.12. The summed E-state index contributed by atoms with van der Waals surface area (Å²) in [5.74, 6) is -0.263. The van der Waals surface area contributed by atoms with Gasteiger partial charge >= 0.3 is 0 Å². The van der Waals surface area contributed by atoms with E-state index in [0.29, 0.717) is 17.9 Å². The van der Waals surface area contributed by atoms with E-state index in [1.165, 1.54) is 23.9 Å². The van der Waals surface area contributed by atoms with Gasteiger partial charge in [0, 0.05) is 24.1 Å². The Labute approximate surface area is 150 Å². The van der Waals surface area contributed by atoms with Crippen LogP contribution in [-0.2, 0) is 6.42 Å². The Morgan fingerprint density at radius 1 is 1.12 bits per heavy atom. The minimum absolute atomic E-state index is 0.165. The van der Waals surface area contributed by atoms with Crippen LogP contribution in [0.4, 0.5) is 21.7 Å². The number of nitrogens with one attached hydrogen (secondary N) is 1. The van der Waals surface area contributed by atoms with Gasteiger partial charge in [-0.25, -0.2) is 14.4 Å². The molecule has 0 unspecified atom stereocenters. The molecule has 1 amide bonds. The minimum Gasteiger partial charge on any atom is -0.324 e. The van der Waals surface area contributed by atoms with Crippen LogP contribution in [0.5, 0.6) is 0 Å². The highest BCUT2D eigenvalue weighted by Crippen LogP contribution is 2.28. The van der Waals surface area contributed by atoms with Crippen LogP contribution < -0.4 is 10.2 Å². The SMILES string of the molecule is O=C(c1ccnc(Nc2cccc(F)c2)n1)N1CCCc2ccccc21. The van der Waals surface area contributed by atoms with Gasteiger partial charge in [0.2, 0.25) is 5.95 Å². The lowest BCUT2D eigenvalue weighted by Gasteiger charge is -2.29. The molecule has 0 spiro atoms. The quantitative estimate of drug-likeness (QED) is 0.779. The molecule has 0 bridgehead atoms. The van der Waals surface area contributed by atoms with Crippen molar-refractivity contribution >= 4 is 23.2 Å². The van der Waals surface area contributed by atoms with E-state index in [-0.39, 0.29) is 17.7 Å². The molecule has 3 aromatic rings. The molecule has 1 aliphatic heterocycles. The first-order valence-electron chi connectivity index (χ1n) is 8.46. The number of hydrogen-bond acceptors (Lipinski definition) is 4. The van der Waals surface area contributed by atoms with E-state index in [1.54, 1.807) is 23.1 Å². The smallest absolute Gasteiger partial charge is 0.277 e. The Kier molecular flexibility index (Phi) is 4.31. The van der Waals surface area contributed by atoms with Crippen LogP contribution in [0.1, 0.15) is 22.5 Å². The molecule has 0 saturated heterocycles. The fraction of sp³-hybridized carbons (Fsp3) is 0.150. The number of anilines is 3. The predicted octanol–water partition coefficient (Wildman–Crippen LogP) is 3.95. The molecule has 1 aliphatic rings. The van der Waals surface area contributed by atoms with Gasteiger partial charge in [-0.15, -0.1) is 0 Å². The highest BCUT2D eigenvalue weighted by molar-refractivity contribution is 6.05. The Hall–Kier alpha value is -3.28. The molecule has 1 aromatic heterocycles. The molecular weight excluding hydrogens is 331 g/mol. The first kappa shape index (κ1) is 16.2. The van der Waals surface area contributed by atoms with E-state index >= 15 is 0 Å². The zero-order chi connectivity index (χ0) is 17.9. The molecular formula is C20H17FN4O. The molecule has 2 heterocycles. The zero-order valence-electron chi connectivity index (χ0n) is 14.0. The summed E-state index contributed by atoms with van der Waals surface area (Å²) in [6.45, 7) is 0.659. The van der Waals surface area contributed by atoms with E-state index in [1.807, 2.05) is 24.3 Å². The summed E-state index contributed by atoms with van der Waals surface area (Å²) in [4.78, 5) is 23.2. The van der Waals surface area contributed by atoms with Crippen molar-refractivity contribution in [2.24, 2.45) is 0 Å². The van der Waals surface area contributed by atoms with Crippen LogP contribution >= 0.6 is 0 Å². The maximum absolute atomic E-state index is 13.3. The number of halogens is 1. The molecule has 0 radical (unpaired) electrons. The molecule has 0 saturated carbocycles. The second-order valence-corrected chi connectivity index (χ2v) is 6.09. The standard InChI is InChI=1S/C20H17FN4O/c21-15-7-3-8-16(13-15)23-20-22-11-10-17(24-20)19(26)25-12-4-6-14-5-1-2-9-18(14)25/h1-3,5,7-11,13H,4,6,12H2,(H,22,23,24). The molecule has 0 fully saturated rings. The summed E-state index contributed by atoms with van der Waals surface area (Å²) in [7, 11) is 0. The van der Waals surface area contributed by atoms with Crippen molar-refractivity contribution in [2.45, 2.75) is 12.8 Å². The van der Waals surface area contributed by atoms with Crippen molar-refractivity contribution in [3.63, 3.8) is 0 Å². The number of hydrogen-bond donors (Lipinski definition) is 1. The second kappa shape index (κ2) is 6.92. The number of nitrogens with zero attached hydrogens (tertiary/aromatic N) is 3. The van der Waals surface area contributed by atoms with Gasteiger partial charge in [0.1, 0.15) is 11.5 Å². The number of amides is 1. The van der Waals surface area contributed by atoms with Gasteiger partial charge in [-0.05, 0) is 48.7 Å². The third-order valence-corrected chi connectivity index (χ3v) is 4.31. The summed E-state index contributed by atoms with van der Waals surface area (Å²) < 4.78 is 13.3. The Bertz CT molecular complexity index is 960. The maximum atomic E-state index is 13.3. The van der Waals surface area contributed by atoms with Gasteiger partial charge < -0.3 is 10.2 Å². The van der Waals surface area contributed by atoms with Gasteiger partial charge in [0.25, 0.3) is 5.91 Å². The Balaban J connectivity index is 1.60. The van der Waals surface area contributed by atoms with E-state index < -0.39 is 0 Å². The first-order valence-corrected chi connectivity index (χ1v) is 8.46. The van der Waals surface area contributed by atoms with Crippen molar-refractivity contribution in [1.82, 2.24) is 9.97 Å². The third-order valence-electron chi connectivity index (χ3n) is 4.31. The Morgan fingerprint density at radius 2 is 2.00 bits per heavy atom. The van der Waals surface area contributed by atoms with Crippen LogP contribution in [0.3, 0.4) is 0 Å². The number of aromatic nitrogens is 2. The van der Waals surface area contributed by atoms with Gasteiger partial charge in [0.15, 0.2) is 0 Å². The molecule has 4 rings (SSSR count). The summed E-state index contributed by atoms with van der Waals surface area (Å²) in [5.41, 5.74) is 2.93. The largest absolute Gasteiger partial charge is 0.324 e. The van der Waals surface area contributed by atoms with E-state index in [0.717, 1.165) is 18.5 Å². The normalized spacial score (nSPS) is 13.2. The van der Waals surface area contributed by atoms with Crippen LogP contribution in [0.2, 0.25) is 0 Å². The van der Waals surface area contributed by atoms with Crippen LogP contribution in [0, 0.1) is 5.82 Å². The Morgan fingerprint density at radius 3 is 2.88 bits per heavy atom. The van der Waals surface area contributed by atoms with Crippen molar-refractivity contribution in [2.75, 3.05) is 16.8 Å². The number of rotatable bonds is 3. The highest BCUT2D eigenvalue weighted by atomic mass is 19.1. The number of carbonyl (C=O) groups is 1. The summed E-state index contributed by atoms with van der Waals surface area (Å²) in [6.07, 6.45) is 3.41. The maximum Gasteiger partial charge on any atom is 0.277 e. The number of fused-ring (bicyclic) bond motifs is 1. The lowest BCUT2D eigenvalue weighted by Crippen LogP contribution is -2.36. The molecule has 26 heavy (non-hydrogen) atoms. The number of para-hydroxylation sites is 1. The fourth-order valence-electron chi connectivity index (χ4n) is 3.12. The van der Waals surface area contributed by atoms with Crippen LogP contribution in [0.15, 0.2) is 60.8 Å². The molecule has 6 heteroatoms. The van der Waals surface area contributed by atoms with Gasteiger partial charge in [-0.1, -0.05) is 24.3 Å². The average Bonchev–Trinajstić information content (AvgIpc) is 2.67. The molecule has 0 aliphatic carbocycles. The molecule has 0 atom stereocenters. The highest BCUT2D eigenvalue weighted by Gasteiger charge is 2.24. The third kappa shape index (κ3) is 3.26. The lowest BCUT2D eigenvalue weighted by molar-refractivity contribution is 0.0980. The van der Waals surface area contributed by atoms with Gasteiger partial charge in [-0.2, -0.15) is 0 Å².